The largest absolute Gasteiger partial charge is 0.369 e. The fraction of sp³-hybridized carbons (Fsp3) is 0.381. The lowest BCUT2D eigenvalue weighted by Crippen LogP contribution is -2.50. The molecule has 2 aromatic carbocycles. The monoisotopic (exact) mass is 446 g/mol. The van der Waals surface area contributed by atoms with Crippen LogP contribution >= 0.6 is 0 Å². The maximum absolute atomic E-state index is 12.7. The number of benzene rings is 2. The lowest BCUT2D eigenvalue weighted by molar-refractivity contribution is -0.385. The predicted molar refractivity (Wildman–Crippen MR) is 119 cm³/mol. The number of nitrogens with one attached hydrogen (secondary N) is 1. The Kier molecular flexibility index (Phi) is 6.91. The van der Waals surface area contributed by atoms with Crippen molar-refractivity contribution in [1.82, 2.24) is 9.62 Å². The summed E-state index contributed by atoms with van der Waals surface area (Å²) in [5, 5.41) is 13.6. The topological polar surface area (TPSA) is 113 Å². The lowest BCUT2D eigenvalue weighted by Gasteiger charge is -2.35. The second-order valence-electron chi connectivity index (χ2n) is 7.50. The Morgan fingerprint density at radius 3 is 2.42 bits per heavy atom. The number of rotatable bonds is 7. The molecule has 1 aliphatic heterocycles. The molecule has 166 valence electrons. The second-order valence-corrected chi connectivity index (χ2v) is 9.59. The molecule has 1 aliphatic rings. The molecule has 0 aliphatic carbocycles. The van der Waals surface area contributed by atoms with Crippen LogP contribution in [-0.2, 0) is 10.0 Å². The van der Waals surface area contributed by atoms with E-state index < -0.39 is 20.9 Å². The average molecular weight is 447 g/mol. The van der Waals surface area contributed by atoms with Crippen LogP contribution in [0.3, 0.4) is 0 Å². The normalized spacial score (nSPS) is 15.0. The van der Waals surface area contributed by atoms with Gasteiger partial charge in [-0.1, -0.05) is 18.2 Å². The number of carbonyl (C=O) groups excluding carboxylic acids is 1. The van der Waals surface area contributed by atoms with Gasteiger partial charge in [0, 0.05) is 55.6 Å². The number of nitro groups is 1. The molecule has 1 fully saturated rings. The second kappa shape index (κ2) is 9.44. The van der Waals surface area contributed by atoms with E-state index in [0.717, 1.165) is 11.3 Å². The first kappa shape index (κ1) is 22.7. The highest BCUT2D eigenvalue weighted by molar-refractivity contribution is 7.89. The van der Waals surface area contributed by atoms with Crippen molar-refractivity contribution in [2.45, 2.75) is 13.8 Å². The van der Waals surface area contributed by atoms with Crippen LogP contribution in [0.2, 0.25) is 0 Å². The highest BCUT2D eigenvalue weighted by atomic mass is 32.2. The summed E-state index contributed by atoms with van der Waals surface area (Å²) in [7, 11) is -3.52. The highest BCUT2D eigenvalue weighted by Gasteiger charge is 2.27. The van der Waals surface area contributed by atoms with Gasteiger partial charge in [0.05, 0.1) is 10.7 Å². The summed E-state index contributed by atoms with van der Waals surface area (Å²) in [4.78, 5) is 25.0. The SMILES string of the molecule is Cc1cccc(N2CCN(S(=O)(=O)CCNC(=O)c3cccc([N+](=O)[O-])c3C)CC2)c1. The van der Waals surface area contributed by atoms with Crippen molar-refractivity contribution in [2.24, 2.45) is 0 Å². The molecular formula is C21H26N4O5S. The Balaban J connectivity index is 1.53. The molecule has 0 atom stereocenters. The van der Waals surface area contributed by atoms with Gasteiger partial charge in [0.1, 0.15) is 0 Å². The molecule has 1 saturated heterocycles. The number of hydrogen-bond donors (Lipinski definition) is 1. The predicted octanol–water partition coefficient (Wildman–Crippen LogP) is 2.09. The van der Waals surface area contributed by atoms with Crippen LogP contribution < -0.4 is 10.2 Å². The number of amides is 1. The van der Waals surface area contributed by atoms with E-state index in [0.29, 0.717) is 26.2 Å². The molecule has 31 heavy (non-hydrogen) atoms. The van der Waals surface area contributed by atoms with Crippen molar-refractivity contribution in [3.8, 4) is 0 Å². The number of sulfonamides is 1. The van der Waals surface area contributed by atoms with E-state index in [4.69, 9.17) is 0 Å². The van der Waals surface area contributed by atoms with Crippen LogP contribution in [0.1, 0.15) is 21.5 Å². The van der Waals surface area contributed by atoms with Crippen LogP contribution in [0.5, 0.6) is 0 Å². The van der Waals surface area contributed by atoms with Crippen molar-refractivity contribution >= 4 is 27.3 Å². The van der Waals surface area contributed by atoms with Crippen molar-refractivity contribution in [1.29, 1.82) is 0 Å². The zero-order chi connectivity index (χ0) is 22.6. The van der Waals surface area contributed by atoms with E-state index in [-0.39, 0.29) is 29.1 Å². The third kappa shape index (κ3) is 5.39. The van der Waals surface area contributed by atoms with Crippen molar-refractivity contribution in [2.75, 3.05) is 43.4 Å². The van der Waals surface area contributed by atoms with Gasteiger partial charge in [-0.2, -0.15) is 4.31 Å². The van der Waals surface area contributed by atoms with Gasteiger partial charge in [-0.25, -0.2) is 8.42 Å². The molecule has 1 heterocycles. The molecule has 0 unspecified atom stereocenters. The summed E-state index contributed by atoms with van der Waals surface area (Å²) in [6, 6.07) is 12.3. The van der Waals surface area contributed by atoms with Crippen LogP contribution in [0.15, 0.2) is 42.5 Å². The number of anilines is 1. The molecule has 10 heteroatoms. The first-order valence-corrected chi connectivity index (χ1v) is 11.6. The zero-order valence-corrected chi connectivity index (χ0v) is 18.4. The first-order chi connectivity index (χ1) is 14.7. The minimum atomic E-state index is -3.52. The minimum absolute atomic E-state index is 0.0681. The smallest absolute Gasteiger partial charge is 0.273 e. The van der Waals surface area contributed by atoms with E-state index >= 15 is 0 Å². The molecule has 1 N–H and O–H groups in total. The Morgan fingerprint density at radius 1 is 1.10 bits per heavy atom. The van der Waals surface area contributed by atoms with E-state index in [1.165, 1.54) is 29.4 Å². The van der Waals surface area contributed by atoms with Crippen LogP contribution in [0.25, 0.3) is 0 Å². The third-order valence-electron chi connectivity index (χ3n) is 5.39. The number of piperazine rings is 1. The quantitative estimate of drug-likeness (QED) is 0.515. The number of nitro benzene ring substituents is 1. The van der Waals surface area contributed by atoms with E-state index in [1.807, 2.05) is 25.1 Å². The van der Waals surface area contributed by atoms with Gasteiger partial charge in [-0.3, -0.25) is 14.9 Å². The van der Waals surface area contributed by atoms with Gasteiger partial charge >= 0.3 is 0 Å². The summed E-state index contributed by atoms with van der Waals surface area (Å²) in [6.45, 7) is 5.42. The van der Waals surface area contributed by atoms with Gasteiger partial charge < -0.3 is 10.2 Å². The van der Waals surface area contributed by atoms with E-state index in [1.54, 1.807) is 0 Å². The van der Waals surface area contributed by atoms with E-state index in [2.05, 4.69) is 16.3 Å². The lowest BCUT2D eigenvalue weighted by atomic mass is 10.1. The molecule has 1 amide bonds. The third-order valence-corrected chi connectivity index (χ3v) is 7.26. The molecule has 2 aromatic rings. The van der Waals surface area contributed by atoms with Crippen LogP contribution in [-0.4, -0.2) is 62.0 Å². The number of nitrogens with zero attached hydrogens (tertiary/aromatic N) is 3. The Bertz CT molecular complexity index is 1080. The number of hydrogen-bond acceptors (Lipinski definition) is 6. The fourth-order valence-corrected chi connectivity index (χ4v) is 4.97. The fourth-order valence-electron chi connectivity index (χ4n) is 3.63. The van der Waals surface area contributed by atoms with Crippen molar-refractivity contribution in [3.05, 3.63) is 69.3 Å². The molecule has 0 spiro atoms. The van der Waals surface area contributed by atoms with Gasteiger partial charge in [0.15, 0.2) is 0 Å². The minimum Gasteiger partial charge on any atom is -0.369 e. The highest BCUT2D eigenvalue weighted by Crippen LogP contribution is 2.21. The molecule has 9 nitrogen and oxygen atoms in total. The first-order valence-electron chi connectivity index (χ1n) is 10.0. The van der Waals surface area contributed by atoms with E-state index in [9.17, 15) is 23.3 Å². The maximum atomic E-state index is 12.7. The molecule has 0 aromatic heterocycles. The molecule has 0 bridgehead atoms. The number of aryl methyl sites for hydroxylation is 1. The molecular weight excluding hydrogens is 420 g/mol. The summed E-state index contributed by atoms with van der Waals surface area (Å²) in [5.74, 6) is -0.752. The zero-order valence-electron chi connectivity index (χ0n) is 17.6. The Morgan fingerprint density at radius 2 is 1.77 bits per heavy atom. The van der Waals surface area contributed by atoms with Gasteiger partial charge in [0.2, 0.25) is 10.0 Å². The summed E-state index contributed by atoms with van der Waals surface area (Å²) < 4.78 is 26.8. The average Bonchev–Trinajstić information content (AvgIpc) is 2.73. The number of carbonyl (C=O) groups is 1. The maximum Gasteiger partial charge on any atom is 0.273 e. The molecule has 3 rings (SSSR count). The molecule has 0 saturated carbocycles. The summed E-state index contributed by atoms with van der Waals surface area (Å²) >= 11 is 0. The Hall–Kier alpha value is -2.98. The van der Waals surface area contributed by atoms with Crippen molar-refractivity contribution in [3.63, 3.8) is 0 Å². The van der Waals surface area contributed by atoms with Crippen LogP contribution in [0, 0.1) is 24.0 Å². The van der Waals surface area contributed by atoms with Gasteiger partial charge in [0.25, 0.3) is 11.6 Å². The van der Waals surface area contributed by atoms with Crippen LogP contribution in [0.4, 0.5) is 11.4 Å². The van der Waals surface area contributed by atoms with Crippen molar-refractivity contribution < 1.29 is 18.1 Å². The standard InChI is InChI=1S/C21H26N4O5S/c1-16-5-3-6-18(15-16)23-10-12-24(13-11-23)31(29,30)14-9-22-21(26)19-7-4-8-20(17(19)2)25(27)28/h3-8,15H,9-14H2,1-2H3,(H,22,26). The summed E-state index contributed by atoms with van der Waals surface area (Å²) in [6.07, 6.45) is 0. The van der Waals surface area contributed by atoms with Gasteiger partial charge in [-0.15, -0.1) is 0 Å². The van der Waals surface area contributed by atoms with Gasteiger partial charge in [-0.05, 0) is 37.6 Å². The Labute approximate surface area is 181 Å². The summed E-state index contributed by atoms with van der Waals surface area (Å²) in [5.41, 5.74) is 2.50. The molecule has 0 radical (unpaired) electrons.